The lowest BCUT2D eigenvalue weighted by Gasteiger charge is -2.41. The minimum absolute atomic E-state index is 0.0454. The number of nitrogens with zero attached hydrogens (tertiary/aromatic N) is 1. The number of ketones is 1. The highest BCUT2D eigenvalue weighted by atomic mass is 32.2. The highest BCUT2D eigenvalue weighted by molar-refractivity contribution is 8.00. The number of terminal acetylenes is 1. The van der Waals surface area contributed by atoms with E-state index in [0.29, 0.717) is 6.42 Å². The van der Waals surface area contributed by atoms with Crippen molar-refractivity contribution < 1.29 is 24.0 Å². The van der Waals surface area contributed by atoms with Crippen LogP contribution in [0, 0.1) is 17.8 Å². The molecular weight excluding hydrogens is 590 g/mol. The molecule has 0 aliphatic heterocycles. The van der Waals surface area contributed by atoms with Crippen molar-refractivity contribution in [2.75, 3.05) is 18.8 Å². The van der Waals surface area contributed by atoms with E-state index in [0.717, 1.165) is 37.9 Å². The maximum Gasteiger partial charge on any atom is 0.315 e. The number of thioether (sulfide) groups is 1. The smallest absolute Gasteiger partial charge is 0.315 e. The number of Topliss-reactive ketones (excluding diaryl/α,β-unsaturated/α-hetero) is 1. The maximum atomic E-state index is 14.1. The summed E-state index contributed by atoms with van der Waals surface area (Å²) in [6, 6.07) is -3.48. The summed E-state index contributed by atoms with van der Waals surface area (Å²) in [7, 11) is 0. The molecule has 1 fully saturated rings. The van der Waals surface area contributed by atoms with Crippen molar-refractivity contribution in [3.63, 3.8) is 0 Å². The van der Waals surface area contributed by atoms with Crippen molar-refractivity contribution in [3.05, 3.63) is 12.7 Å². The zero-order chi connectivity index (χ0) is 34.4. The second-order valence-corrected chi connectivity index (χ2v) is 15.8. The lowest BCUT2D eigenvalue weighted by atomic mass is 9.83. The van der Waals surface area contributed by atoms with Gasteiger partial charge in [-0.3, -0.25) is 19.2 Å². The SMILES string of the molecule is C#CCCC(NC(=O)[C@H](C)N(CCC)C(=O)[C@@H](NC(=O)NC1(CSC(C)(C)C)CCCCC1)C(C)(C)C)C(=O)C(=O)NCC=C. The molecule has 10 nitrogen and oxygen atoms in total. The minimum Gasteiger partial charge on any atom is -0.346 e. The van der Waals surface area contributed by atoms with E-state index in [-0.39, 0.29) is 36.2 Å². The van der Waals surface area contributed by atoms with E-state index in [4.69, 9.17) is 6.42 Å². The second kappa shape index (κ2) is 18.2. The third-order valence-corrected chi connectivity index (χ3v) is 9.36. The fourth-order valence-corrected chi connectivity index (χ4v) is 6.26. The van der Waals surface area contributed by atoms with E-state index in [9.17, 15) is 24.0 Å². The van der Waals surface area contributed by atoms with Crippen molar-refractivity contribution in [3.8, 4) is 12.3 Å². The van der Waals surface area contributed by atoms with Crippen LogP contribution < -0.4 is 21.3 Å². The van der Waals surface area contributed by atoms with Gasteiger partial charge in [0.05, 0.1) is 11.6 Å². The zero-order valence-corrected chi connectivity index (χ0v) is 29.6. The number of hydrogen-bond donors (Lipinski definition) is 4. The van der Waals surface area contributed by atoms with Gasteiger partial charge in [-0.1, -0.05) is 73.8 Å². The van der Waals surface area contributed by atoms with E-state index in [2.05, 4.69) is 54.5 Å². The van der Waals surface area contributed by atoms with Crippen LogP contribution in [0.5, 0.6) is 0 Å². The Morgan fingerprint density at radius 3 is 2.18 bits per heavy atom. The number of rotatable bonds is 16. The third kappa shape index (κ3) is 13.5. The molecule has 0 aromatic carbocycles. The Bertz CT molecular complexity index is 1080. The number of carbonyl (C=O) groups is 5. The number of nitrogens with one attached hydrogen (secondary N) is 4. The third-order valence-electron chi connectivity index (χ3n) is 7.79. The normalized spacial score (nSPS) is 16.6. The van der Waals surface area contributed by atoms with Crippen LogP contribution in [0.3, 0.4) is 0 Å². The van der Waals surface area contributed by atoms with Crippen LogP contribution in [0.2, 0.25) is 0 Å². The van der Waals surface area contributed by atoms with Gasteiger partial charge in [0.15, 0.2) is 0 Å². The molecule has 0 spiro atoms. The largest absolute Gasteiger partial charge is 0.346 e. The van der Waals surface area contributed by atoms with Crippen molar-refractivity contribution in [2.45, 2.75) is 135 Å². The molecule has 0 heterocycles. The highest BCUT2D eigenvalue weighted by Gasteiger charge is 2.41. The number of amides is 5. The quantitative estimate of drug-likeness (QED) is 0.112. The summed E-state index contributed by atoms with van der Waals surface area (Å²) in [5.41, 5.74) is -1.04. The molecule has 1 rings (SSSR count). The van der Waals surface area contributed by atoms with Gasteiger partial charge in [-0.25, -0.2) is 4.79 Å². The molecule has 3 atom stereocenters. The average Bonchev–Trinajstić information content (AvgIpc) is 2.96. The molecule has 1 unspecified atom stereocenters. The molecule has 4 N–H and O–H groups in total. The molecule has 45 heavy (non-hydrogen) atoms. The molecule has 1 saturated carbocycles. The molecule has 0 bridgehead atoms. The molecule has 5 amide bonds. The Kier molecular flexibility index (Phi) is 16.2. The van der Waals surface area contributed by atoms with E-state index < -0.39 is 53.1 Å². The molecule has 0 aromatic rings. The van der Waals surface area contributed by atoms with Crippen molar-refractivity contribution in [1.29, 1.82) is 0 Å². The monoisotopic (exact) mass is 647 g/mol. The van der Waals surface area contributed by atoms with Crippen LogP contribution in [-0.2, 0) is 19.2 Å². The van der Waals surface area contributed by atoms with Crippen LogP contribution in [0.25, 0.3) is 0 Å². The Labute approximate surface area is 275 Å². The Balaban J connectivity index is 3.20. The van der Waals surface area contributed by atoms with Crippen LogP contribution in [-0.4, -0.2) is 81.7 Å². The maximum absolute atomic E-state index is 14.1. The van der Waals surface area contributed by atoms with Gasteiger partial charge in [-0.05, 0) is 38.0 Å². The van der Waals surface area contributed by atoms with Crippen LogP contribution in [0.4, 0.5) is 4.79 Å². The van der Waals surface area contributed by atoms with Crippen LogP contribution >= 0.6 is 11.8 Å². The molecule has 1 aliphatic rings. The summed E-state index contributed by atoms with van der Waals surface area (Å²) in [5, 5.41) is 11.3. The molecular formula is C34H57N5O5S. The standard InChI is InChI=1S/C34H57N5O5S/c1-11-14-18-25(26(40)29(42)35-21-12-2)36-28(41)24(4)39(22-13-3)30(43)27(32(5,6)7)37-31(44)38-34(19-16-15-17-20-34)23-45-33(8,9)10/h1,12,24-25,27H,2,13-23H2,3-10H3,(H,35,42)(H,36,41)(H2,37,38,44)/t24-,25?,27+/m0/s1. The lowest BCUT2D eigenvalue weighted by molar-refractivity contribution is -0.145. The average molecular weight is 648 g/mol. The summed E-state index contributed by atoms with van der Waals surface area (Å²) in [5.74, 6) is 0.531. The van der Waals surface area contributed by atoms with E-state index in [1.165, 1.54) is 11.0 Å². The van der Waals surface area contributed by atoms with Gasteiger partial charge in [0.2, 0.25) is 17.6 Å². The predicted octanol–water partition coefficient (Wildman–Crippen LogP) is 4.33. The summed E-state index contributed by atoms with van der Waals surface area (Å²) in [4.78, 5) is 67.8. The molecule has 254 valence electrons. The molecule has 0 saturated heterocycles. The summed E-state index contributed by atoms with van der Waals surface area (Å²) in [6.45, 7) is 19.4. The summed E-state index contributed by atoms with van der Waals surface area (Å²) in [6.07, 6.45) is 12.6. The van der Waals surface area contributed by atoms with Crippen molar-refractivity contribution in [1.82, 2.24) is 26.2 Å². The first kappa shape index (κ1) is 40.0. The number of urea groups is 1. The van der Waals surface area contributed by atoms with E-state index in [1.54, 1.807) is 6.92 Å². The van der Waals surface area contributed by atoms with Gasteiger partial charge in [0.1, 0.15) is 12.1 Å². The zero-order valence-electron chi connectivity index (χ0n) is 28.8. The highest BCUT2D eigenvalue weighted by Crippen LogP contribution is 2.35. The van der Waals surface area contributed by atoms with Gasteiger partial charge >= 0.3 is 6.03 Å². The predicted molar refractivity (Wildman–Crippen MR) is 183 cm³/mol. The first-order valence-electron chi connectivity index (χ1n) is 16.1. The van der Waals surface area contributed by atoms with Gasteiger partial charge in [-0.15, -0.1) is 18.9 Å². The first-order valence-corrected chi connectivity index (χ1v) is 17.1. The van der Waals surface area contributed by atoms with Crippen molar-refractivity contribution in [2.24, 2.45) is 5.41 Å². The van der Waals surface area contributed by atoms with Crippen molar-refractivity contribution >= 4 is 41.3 Å². The molecule has 0 aromatic heterocycles. The molecule has 1 aliphatic carbocycles. The lowest BCUT2D eigenvalue weighted by Crippen LogP contribution is -2.63. The Hall–Kier alpha value is -3.00. The van der Waals surface area contributed by atoms with Gasteiger partial charge in [-0.2, -0.15) is 11.8 Å². The van der Waals surface area contributed by atoms with Gasteiger partial charge < -0.3 is 26.2 Å². The van der Waals surface area contributed by atoms with Crippen LogP contribution in [0.1, 0.15) is 107 Å². The summed E-state index contributed by atoms with van der Waals surface area (Å²) >= 11 is 1.82. The summed E-state index contributed by atoms with van der Waals surface area (Å²) < 4.78 is 0.0454. The van der Waals surface area contributed by atoms with E-state index >= 15 is 0 Å². The number of carbonyl (C=O) groups excluding carboxylic acids is 5. The number of hydrogen-bond acceptors (Lipinski definition) is 6. The second-order valence-electron chi connectivity index (χ2n) is 14.0. The van der Waals surface area contributed by atoms with Gasteiger partial charge in [0.25, 0.3) is 5.91 Å². The Morgan fingerprint density at radius 1 is 1.04 bits per heavy atom. The van der Waals surface area contributed by atoms with E-state index in [1.807, 2.05) is 39.5 Å². The van der Waals surface area contributed by atoms with Crippen LogP contribution in [0.15, 0.2) is 12.7 Å². The first-order chi connectivity index (χ1) is 20.9. The molecule has 11 heteroatoms. The molecule has 0 radical (unpaired) electrons. The fourth-order valence-electron chi connectivity index (χ4n) is 5.19. The van der Waals surface area contributed by atoms with Gasteiger partial charge in [0, 0.05) is 30.0 Å². The Morgan fingerprint density at radius 2 is 1.67 bits per heavy atom. The topological polar surface area (TPSA) is 137 Å². The minimum atomic E-state index is -1.15. The fraction of sp³-hybridized carbons (Fsp3) is 0.735.